The second-order valence-corrected chi connectivity index (χ2v) is 5.22. The third-order valence-corrected chi connectivity index (χ3v) is 3.63. The Morgan fingerprint density at radius 1 is 0.957 bits per heavy atom. The van der Waals surface area contributed by atoms with Gasteiger partial charge in [-0.2, -0.15) is 0 Å². The Kier molecular flexibility index (Phi) is 8.33. The molecule has 2 rings (SSSR count). The van der Waals surface area contributed by atoms with E-state index in [4.69, 9.17) is 0 Å². The summed E-state index contributed by atoms with van der Waals surface area (Å²) in [6, 6.07) is 18.6. The maximum absolute atomic E-state index is 11.4. The highest BCUT2D eigenvalue weighted by atomic mass is 35.5. The van der Waals surface area contributed by atoms with Crippen LogP contribution in [0.2, 0.25) is 0 Å². The molecule has 2 unspecified atom stereocenters. The van der Waals surface area contributed by atoms with E-state index >= 15 is 0 Å². The number of hydrogen-bond acceptors (Lipinski definition) is 3. The van der Waals surface area contributed by atoms with Crippen LogP contribution in [0.3, 0.4) is 0 Å². The predicted molar refractivity (Wildman–Crippen MR) is 93.0 cm³/mol. The quantitative estimate of drug-likeness (QED) is 0.649. The first-order chi connectivity index (χ1) is 10.7. The molecule has 0 bridgehead atoms. The summed E-state index contributed by atoms with van der Waals surface area (Å²) >= 11 is 0. The van der Waals surface area contributed by atoms with E-state index in [2.05, 4.69) is 5.32 Å². The van der Waals surface area contributed by atoms with Crippen molar-refractivity contribution in [3.05, 3.63) is 71.8 Å². The zero-order valence-corrected chi connectivity index (χ0v) is 13.6. The molecular formula is C18H22ClNO3. The van der Waals surface area contributed by atoms with E-state index in [1.54, 1.807) is 0 Å². The van der Waals surface area contributed by atoms with Crippen molar-refractivity contribution in [3.63, 3.8) is 0 Å². The summed E-state index contributed by atoms with van der Waals surface area (Å²) in [6.45, 7) is 0.945. The van der Waals surface area contributed by atoms with E-state index in [0.717, 1.165) is 11.1 Å². The first-order valence-electron chi connectivity index (χ1n) is 7.40. The number of carboxylic acid groups (broad SMARTS) is 1. The van der Waals surface area contributed by atoms with Gasteiger partial charge in [-0.15, -0.1) is 12.4 Å². The molecular weight excluding hydrogens is 314 g/mol. The minimum Gasteiger partial charge on any atom is -0.481 e. The highest BCUT2D eigenvalue weighted by Crippen LogP contribution is 2.19. The van der Waals surface area contributed by atoms with Crippen LogP contribution in [0.1, 0.15) is 29.6 Å². The fourth-order valence-electron chi connectivity index (χ4n) is 2.40. The lowest BCUT2D eigenvalue weighted by molar-refractivity contribution is -0.138. The van der Waals surface area contributed by atoms with E-state index in [9.17, 15) is 15.0 Å². The van der Waals surface area contributed by atoms with Gasteiger partial charge in [0.25, 0.3) is 0 Å². The number of nitrogens with one attached hydrogen (secondary N) is 1. The van der Waals surface area contributed by atoms with Crippen molar-refractivity contribution < 1.29 is 15.0 Å². The molecule has 0 aliphatic heterocycles. The fraction of sp³-hybridized carbons (Fsp3) is 0.278. The van der Waals surface area contributed by atoms with Gasteiger partial charge in [-0.3, -0.25) is 4.79 Å². The molecule has 0 saturated carbocycles. The standard InChI is InChI=1S/C18H21NO3.ClH/c20-17(15-9-5-2-6-10-15)13-19-12-11-16(18(21)22)14-7-3-1-4-8-14;/h1-10,16-17,19-20H,11-13H2,(H,21,22);1H. The number of carboxylic acids is 1. The predicted octanol–water partition coefficient (Wildman–Crippen LogP) is 2.99. The van der Waals surface area contributed by atoms with Crippen molar-refractivity contribution in [2.75, 3.05) is 13.1 Å². The monoisotopic (exact) mass is 335 g/mol. The minimum absolute atomic E-state index is 0. The highest BCUT2D eigenvalue weighted by Gasteiger charge is 2.19. The van der Waals surface area contributed by atoms with Gasteiger partial charge in [0.1, 0.15) is 0 Å². The Morgan fingerprint density at radius 2 is 1.48 bits per heavy atom. The molecule has 3 N–H and O–H groups in total. The number of aliphatic hydroxyl groups is 1. The van der Waals surface area contributed by atoms with E-state index in [0.29, 0.717) is 19.5 Å². The fourth-order valence-corrected chi connectivity index (χ4v) is 2.40. The summed E-state index contributed by atoms with van der Waals surface area (Å²) in [6.07, 6.45) is -0.0953. The van der Waals surface area contributed by atoms with Crippen LogP contribution in [0.15, 0.2) is 60.7 Å². The highest BCUT2D eigenvalue weighted by molar-refractivity contribution is 5.85. The van der Waals surface area contributed by atoms with Crippen molar-refractivity contribution in [1.82, 2.24) is 5.32 Å². The van der Waals surface area contributed by atoms with Crippen LogP contribution in [-0.4, -0.2) is 29.3 Å². The van der Waals surface area contributed by atoms with Gasteiger partial charge in [-0.25, -0.2) is 0 Å². The average Bonchev–Trinajstić information content (AvgIpc) is 2.56. The maximum atomic E-state index is 11.4. The van der Waals surface area contributed by atoms with Gasteiger partial charge in [0.15, 0.2) is 0 Å². The third-order valence-electron chi connectivity index (χ3n) is 3.63. The van der Waals surface area contributed by atoms with Crippen molar-refractivity contribution in [3.8, 4) is 0 Å². The van der Waals surface area contributed by atoms with Crippen molar-refractivity contribution in [2.45, 2.75) is 18.4 Å². The van der Waals surface area contributed by atoms with Crippen LogP contribution in [0.5, 0.6) is 0 Å². The molecule has 0 radical (unpaired) electrons. The minimum atomic E-state index is -0.823. The first-order valence-corrected chi connectivity index (χ1v) is 7.40. The second kappa shape index (κ2) is 10.0. The van der Waals surface area contributed by atoms with E-state index in [1.807, 2.05) is 60.7 Å². The van der Waals surface area contributed by atoms with Gasteiger partial charge in [0.2, 0.25) is 0 Å². The van der Waals surface area contributed by atoms with E-state index in [1.165, 1.54) is 0 Å². The van der Waals surface area contributed by atoms with E-state index < -0.39 is 18.0 Å². The molecule has 23 heavy (non-hydrogen) atoms. The SMILES string of the molecule is Cl.O=C(O)C(CCNCC(O)c1ccccc1)c1ccccc1. The van der Waals surface area contributed by atoms with Crippen LogP contribution < -0.4 is 5.32 Å². The zero-order chi connectivity index (χ0) is 15.8. The van der Waals surface area contributed by atoms with Crippen LogP contribution in [-0.2, 0) is 4.79 Å². The molecule has 2 atom stereocenters. The average molecular weight is 336 g/mol. The number of rotatable bonds is 8. The Hall–Kier alpha value is -1.88. The summed E-state index contributed by atoms with van der Waals surface area (Å²) in [5.41, 5.74) is 1.66. The Balaban J connectivity index is 0.00000264. The molecule has 5 heteroatoms. The van der Waals surface area contributed by atoms with Crippen molar-refractivity contribution in [2.24, 2.45) is 0 Å². The van der Waals surface area contributed by atoms with Gasteiger partial charge < -0.3 is 15.5 Å². The number of halogens is 1. The van der Waals surface area contributed by atoms with Crippen LogP contribution in [0.25, 0.3) is 0 Å². The molecule has 0 amide bonds. The molecule has 0 saturated heterocycles. The molecule has 2 aromatic carbocycles. The number of hydrogen-bond donors (Lipinski definition) is 3. The van der Waals surface area contributed by atoms with Crippen molar-refractivity contribution in [1.29, 1.82) is 0 Å². The number of aliphatic carboxylic acids is 1. The summed E-state index contributed by atoms with van der Waals surface area (Å²) in [5, 5.41) is 22.5. The Morgan fingerprint density at radius 3 is 2.00 bits per heavy atom. The lowest BCUT2D eigenvalue weighted by Gasteiger charge is -2.15. The van der Waals surface area contributed by atoms with Gasteiger partial charge >= 0.3 is 5.97 Å². The molecule has 0 fully saturated rings. The zero-order valence-electron chi connectivity index (χ0n) is 12.8. The lowest BCUT2D eigenvalue weighted by Crippen LogP contribution is -2.25. The Labute approximate surface area is 142 Å². The first kappa shape index (κ1) is 19.2. The number of aliphatic hydroxyl groups excluding tert-OH is 1. The molecule has 0 aromatic heterocycles. The molecule has 4 nitrogen and oxygen atoms in total. The number of benzene rings is 2. The van der Waals surface area contributed by atoms with E-state index in [-0.39, 0.29) is 12.4 Å². The normalized spacial score (nSPS) is 12.9. The van der Waals surface area contributed by atoms with Crippen molar-refractivity contribution >= 4 is 18.4 Å². The van der Waals surface area contributed by atoms with Gasteiger partial charge in [-0.1, -0.05) is 60.7 Å². The summed E-state index contributed by atoms with van der Waals surface area (Å²) < 4.78 is 0. The summed E-state index contributed by atoms with van der Waals surface area (Å²) in [7, 11) is 0. The van der Waals surface area contributed by atoms with Gasteiger partial charge in [-0.05, 0) is 24.1 Å². The summed E-state index contributed by atoms with van der Waals surface area (Å²) in [4.78, 5) is 11.4. The molecule has 0 heterocycles. The molecule has 0 aliphatic rings. The smallest absolute Gasteiger partial charge is 0.311 e. The maximum Gasteiger partial charge on any atom is 0.311 e. The Bertz CT molecular complexity index is 577. The largest absolute Gasteiger partial charge is 0.481 e. The summed E-state index contributed by atoms with van der Waals surface area (Å²) in [5.74, 6) is -1.35. The topological polar surface area (TPSA) is 69.6 Å². The number of carbonyl (C=O) groups is 1. The van der Waals surface area contributed by atoms with Crippen LogP contribution >= 0.6 is 12.4 Å². The molecule has 124 valence electrons. The lowest BCUT2D eigenvalue weighted by atomic mass is 9.96. The van der Waals surface area contributed by atoms with Gasteiger partial charge in [0.05, 0.1) is 12.0 Å². The molecule has 0 spiro atoms. The van der Waals surface area contributed by atoms with Crippen LogP contribution in [0, 0.1) is 0 Å². The third kappa shape index (κ3) is 6.02. The second-order valence-electron chi connectivity index (χ2n) is 5.22. The van der Waals surface area contributed by atoms with Gasteiger partial charge in [0, 0.05) is 6.54 Å². The molecule has 2 aromatic rings. The molecule has 0 aliphatic carbocycles. The van der Waals surface area contributed by atoms with Crippen LogP contribution in [0.4, 0.5) is 0 Å².